The molecule has 0 saturated carbocycles. The zero-order chi connectivity index (χ0) is 13.8. The SMILES string of the molecule is CCCC(CC(=O)O)Nc1nccc2c1ncn2C. The second-order valence-electron chi connectivity index (χ2n) is 4.61. The molecule has 0 radical (unpaired) electrons. The summed E-state index contributed by atoms with van der Waals surface area (Å²) in [6.45, 7) is 2.03. The van der Waals surface area contributed by atoms with Gasteiger partial charge in [0.1, 0.15) is 5.52 Å². The molecule has 102 valence electrons. The molecule has 0 fully saturated rings. The van der Waals surface area contributed by atoms with Gasteiger partial charge < -0.3 is 15.0 Å². The third-order valence-corrected chi connectivity index (χ3v) is 3.04. The third kappa shape index (κ3) is 3.01. The van der Waals surface area contributed by atoms with E-state index in [9.17, 15) is 4.79 Å². The summed E-state index contributed by atoms with van der Waals surface area (Å²) in [7, 11) is 1.92. The van der Waals surface area contributed by atoms with E-state index in [0.29, 0.717) is 5.82 Å². The topological polar surface area (TPSA) is 80.0 Å². The molecule has 19 heavy (non-hydrogen) atoms. The summed E-state index contributed by atoms with van der Waals surface area (Å²) in [5, 5.41) is 12.1. The molecule has 1 unspecified atom stereocenters. The van der Waals surface area contributed by atoms with Crippen molar-refractivity contribution >= 4 is 22.8 Å². The van der Waals surface area contributed by atoms with E-state index in [4.69, 9.17) is 5.11 Å². The van der Waals surface area contributed by atoms with Gasteiger partial charge in [-0.25, -0.2) is 9.97 Å². The van der Waals surface area contributed by atoms with Crippen molar-refractivity contribution in [1.29, 1.82) is 0 Å². The predicted molar refractivity (Wildman–Crippen MR) is 73.1 cm³/mol. The molecule has 0 aromatic carbocycles. The van der Waals surface area contributed by atoms with E-state index in [-0.39, 0.29) is 12.5 Å². The Labute approximate surface area is 111 Å². The van der Waals surface area contributed by atoms with Gasteiger partial charge in [0.05, 0.1) is 18.3 Å². The van der Waals surface area contributed by atoms with Crippen LogP contribution >= 0.6 is 0 Å². The molecule has 0 spiro atoms. The highest BCUT2D eigenvalue weighted by Crippen LogP contribution is 2.20. The summed E-state index contributed by atoms with van der Waals surface area (Å²) in [6, 6.07) is 1.77. The molecule has 0 bridgehead atoms. The fourth-order valence-corrected chi connectivity index (χ4v) is 2.15. The van der Waals surface area contributed by atoms with Crippen LogP contribution in [0.2, 0.25) is 0 Å². The molecule has 2 N–H and O–H groups in total. The molecule has 2 rings (SSSR count). The van der Waals surface area contributed by atoms with Crippen LogP contribution in [0.3, 0.4) is 0 Å². The molecular weight excluding hydrogens is 244 g/mol. The number of carbonyl (C=O) groups is 1. The van der Waals surface area contributed by atoms with Crippen LogP contribution in [-0.4, -0.2) is 31.7 Å². The van der Waals surface area contributed by atoms with Crippen molar-refractivity contribution < 1.29 is 9.90 Å². The van der Waals surface area contributed by atoms with Gasteiger partial charge in [-0.3, -0.25) is 4.79 Å². The van der Waals surface area contributed by atoms with Gasteiger partial charge in [0.25, 0.3) is 0 Å². The number of aliphatic carboxylic acids is 1. The van der Waals surface area contributed by atoms with E-state index in [1.165, 1.54) is 0 Å². The molecule has 0 aliphatic carbocycles. The standard InChI is InChI=1S/C13H18N4O2/c1-3-4-9(7-11(18)19)16-13-12-10(5-6-14-13)17(2)8-15-12/h5-6,8-9H,3-4,7H2,1-2H3,(H,14,16)(H,18,19). The first kappa shape index (κ1) is 13.3. The Morgan fingerprint density at radius 1 is 1.53 bits per heavy atom. The van der Waals surface area contributed by atoms with E-state index in [0.717, 1.165) is 23.9 Å². The number of rotatable bonds is 6. The van der Waals surface area contributed by atoms with Crippen LogP contribution in [0.5, 0.6) is 0 Å². The number of aromatic nitrogens is 3. The summed E-state index contributed by atoms with van der Waals surface area (Å²) >= 11 is 0. The zero-order valence-electron chi connectivity index (χ0n) is 11.1. The van der Waals surface area contributed by atoms with Crippen LogP contribution in [0.1, 0.15) is 26.2 Å². The number of fused-ring (bicyclic) bond motifs is 1. The lowest BCUT2D eigenvalue weighted by molar-refractivity contribution is -0.137. The van der Waals surface area contributed by atoms with Crippen LogP contribution in [0.25, 0.3) is 11.0 Å². The average molecular weight is 262 g/mol. The van der Waals surface area contributed by atoms with Crippen molar-refractivity contribution in [2.75, 3.05) is 5.32 Å². The first-order valence-corrected chi connectivity index (χ1v) is 6.36. The highest BCUT2D eigenvalue weighted by atomic mass is 16.4. The summed E-state index contributed by atoms with van der Waals surface area (Å²) in [6.07, 6.45) is 5.22. The first-order valence-electron chi connectivity index (χ1n) is 6.36. The molecular formula is C13H18N4O2. The maximum atomic E-state index is 10.9. The number of carboxylic acid groups (broad SMARTS) is 1. The van der Waals surface area contributed by atoms with E-state index in [1.807, 2.05) is 24.6 Å². The maximum absolute atomic E-state index is 10.9. The van der Waals surface area contributed by atoms with E-state index < -0.39 is 5.97 Å². The second kappa shape index (κ2) is 5.69. The monoisotopic (exact) mass is 262 g/mol. The zero-order valence-corrected chi connectivity index (χ0v) is 11.1. The predicted octanol–water partition coefficient (Wildman–Crippen LogP) is 2.02. The van der Waals surface area contributed by atoms with Crippen LogP contribution in [-0.2, 0) is 11.8 Å². The van der Waals surface area contributed by atoms with Gasteiger partial charge in [-0.2, -0.15) is 0 Å². The van der Waals surface area contributed by atoms with Gasteiger partial charge >= 0.3 is 5.97 Å². The molecule has 0 aliphatic heterocycles. The molecule has 6 heteroatoms. The number of anilines is 1. The Hall–Kier alpha value is -2.11. The second-order valence-corrected chi connectivity index (χ2v) is 4.61. The quantitative estimate of drug-likeness (QED) is 0.832. The van der Waals surface area contributed by atoms with Crippen molar-refractivity contribution in [1.82, 2.24) is 14.5 Å². The number of nitrogens with zero attached hydrogens (tertiary/aromatic N) is 3. The number of hydrogen-bond donors (Lipinski definition) is 2. The summed E-state index contributed by atoms with van der Waals surface area (Å²) in [4.78, 5) is 19.4. The average Bonchev–Trinajstić information content (AvgIpc) is 2.72. The molecule has 0 saturated heterocycles. The minimum absolute atomic E-state index is 0.0821. The Morgan fingerprint density at radius 2 is 2.32 bits per heavy atom. The molecule has 0 aliphatic rings. The van der Waals surface area contributed by atoms with E-state index in [1.54, 1.807) is 12.5 Å². The first-order chi connectivity index (χ1) is 9.11. The summed E-state index contributed by atoms with van der Waals surface area (Å²) in [5.74, 6) is -0.156. The highest BCUT2D eigenvalue weighted by Gasteiger charge is 2.15. The minimum Gasteiger partial charge on any atom is -0.481 e. The fourth-order valence-electron chi connectivity index (χ4n) is 2.15. The van der Waals surface area contributed by atoms with Crippen molar-refractivity contribution in [3.05, 3.63) is 18.6 Å². The molecule has 6 nitrogen and oxygen atoms in total. The van der Waals surface area contributed by atoms with Crippen molar-refractivity contribution in [3.63, 3.8) is 0 Å². The van der Waals surface area contributed by atoms with E-state index >= 15 is 0 Å². The number of pyridine rings is 1. The van der Waals surface area contributed by atoms with Crippen molar-refractivity contribution in [2.24, 2.45) is 7.05 Å². The minimum atomic E-state index is -0.806. The summed E-state index contributed by atoms with van der Waals surface area (Å²) < 4.78 is 1.91. The van der Waals surface area contributed by atoms with Crippen LogP contribution in [0.15, 0.2) is 18.6 Å². The van der Waals surface area contributed by atoms with Crippen molar-refractivity contribution in [2.45, 2.75) is 32.2 Å². The fraction of sp³-hybridized carbons (Fsp3) is 0.462. The highest BCUT2D eigenvalue weighted by molar-refractivity contribution is 5.86. The van der Waals surface area contributed by atoms with Crippen LogP contribution in [0, 0.1) is 0 Å². The number of nitrogens with one attached hydrogen (secondary N) is 1. The Kier molecular flexibility index (Phi) is 3.99. The van der Waals surface area contributed by atoms with Gasteiger partial charge in [0.2, 0.25) is 0 Å². The van der Waals surface area contributed by atoms with Gasteiger partial charge in [0.15, 0.2) is 5.82 Å². The lowest BCUT2D eigenvalue weighted by atomic mass is 10.1. The number of aryl methyl sites for hydroxylation is 1. The lowest BCUT2D eigenvalue weighted by Gasteiger charge is -2.16. The van der Waals surface area contributed by atoms with E-state index in [2.05, 4.69) is 15.3 Å². The molecule has 2 aromatic heterocycles. The smallest absolute Gasteiger partial charge is 0.305 e. The number of hydrogen-bond acceptors (Lipinski definition) is 4. The number of carboxylic acids is 1. The van der Waals surface area contributed by atoms with Gasteiger partial charge in [-0.05, 0) is 12.5 Å². The van der Waals surface area contributed by atoms with Gasteiger partial charge in [-0.1, -0.05) is 13.3 Å². The maximum Gasteiger partial charge on any atom is 0.305 e. The van der Waals surface area contributed by atoms with Crippen molar-refractivity contribution in [3.8, 4) is 0 Å². The van der Waals surface area contributed by atoms with Crippen LogP contribution < -0.4 is 5.32 Å². The normalized spacial score (nSPS) is 12.5. The molecule has 0 amide bonds. The molecule has 1 atom stereocenters. The van der Waals surface area contributed by atoms with Gasteiger partial charge in [-0.15, -0.1) is 0 Å². The number of imidazole rings is 1. The lowest BCUT2D eigenvalue weighted by Crippen LogP contribution is -2.23. The summed E-state index contributed by atoms with van der Waals surface area (Å²) in [5.41, 5.74) is 1.75. The van der Waals surface area contributed by atoms with Crippen LogP contribution in [0.4, 0.5) is 5.82 Å². The Bertz CT molecular complexity index is 579. The Morgan fingerprint density at radius 3 is 3.00 bits per heavy atom. The third-order valence-electron chi connectivity index (χ3n) is 3.04. The largest absolute Gasteiger partial charge is 0.481 e. The molecule has 2 heterocycles. The Balaban J connectivity index is 2.25. The molecule has 2 aromatic rings. The van der Waals surface area contributed by atoms with Gasteiger partial charge in [0, 0.05) is 19.3 Å².